The minimum absolute atomic E-state index is 0.0188. The van der Waals surface area contributed by atoms with E-state index in [4.69, 9.17) is 4.74 Å². The van der Waals surface area contributed by atoms with Gasteiger partial charge < -0.3 is 14.5 Å². The van der Waals surface area contributed by atoms with Gasteiger partial charge in [0.15, 0.2) is 5.69 Å². The smallest absolute Gasteiger partial charge is 0.372 e. The lowest BCUT2D eigenvalue weighted by atomic mass is 9.88. The van der Waals surface area contributed by atoms with E-state index in [9.17, 15) is 27.2 Å². The molecule has 0 radical (unpaired) electrons. The first-order valence-corrected chi connectivity index (χ1v) is 13.2. The van der Waals surface area contributed by atoms with Crippen molar-refractivity contribution >= 4 is 11.8 Å². The van der Waals surface area contributed by atoms with Crippen LogP contribution >= 0.6 is 0 Å². The molecule has 0 bridgehead atoms. The van der Waals surface area contributed by atoms with Gasteiger partial charge in [-0.15, -0.1) is 0 Å². The van der Waals surface area contributed by atoms with Crippen molar-refractivity contribution in [2.45, 2.75) is 76.8 Å². The third kappa shape index (κ3) is 5.30. The summed E-state index contributed by atoms with van der Waals surface area (Å²) < 4.78 is 60.5. The Bertz CT molecular complexity index is 1210. The topological polar surface area (TPSA) is 67.7 Å². The first kappa shape index (κ1) is 26.6. The highest BCUT2D eigenvalue weighted by Crippen LogP contribution is 2.36. The van der Waals surface area contributed by atoms with Gasteiger partial charge in [0.05, 0.1) is 17.8 Å². The number of fused-ring (bicyclic) bond motifs is 1. The van der Waals surface area contributed by atoms with Crippen molar-refractivity contribution in [3.8, 4) is 0 Å². The number of halogens is 4. The molecule has 0 N–H and O–H groups in total. The fourth-order valence-corrected chi connectivity index (χ4v) is 6.01. The number of carbonyl (C=O) groups excluding carboxylic acids is 2. The molecule has 2 aromatic rings. The molecule has 11 heteroatoms. The van der Waals surface area contributed by atoms with Gasteiger partial charge in [-0.2, -0.15) is 18.3 Å². The van der Waals surface area contributed by atoms with E-state index < -0.39 is 17.6 Å². The molecule has 206 valence electrons. The summed E-state index contributed by atoms with van der Waals surface area (Å²) in [5.41, 5.74) is 1.45. The monoisotopic (exact) mass is 536 g/mol. The standard InChI is InChI=1S/C27H32F4N4O3/c1-16-13-34(14-17(2)38-16)26(37)25-20-4-3-5-23(20)35(32-25)15-24(36)33-10-8-18(9-11-33)19-6-7-22(28)21(12-19)27(29,30)31/h6-7,12,16-18H,3-5,8-11,13-15H2,1-2H3/t16-,17+. The fraction of sp³-hybridized carbons (Fsp3) is 0.593. The summed E-state index contributed by atoms with van der Waals surface area (Å²) >= 11 is 0. The van der Waals surface area contributed by atoms with E-state index in [2.05, 4.69) is 5.10 Å². The molecular formula is C27H32F4N4O3. The van der Waals surface area contributed by atoms with Gasteiger partial charge in [0.2, 0.25) is 5.91 Å². The maximum Gasteiger partial charge on any atom is 0.419 e. The van der Waals surface area contributed by atoms with E-state index in [0.717, 1.165) is 42.7 Å². The number of hydrogen-bond acceptors (Lipinski definition) is 4. The highest BCUT2D eigenvalue weighted by atomic mass is 19.4. The Kier molecular flexibility index (Phi) is 7.23. The molecule has 0 spiro atoms. The van der Waals surface area contributed by atoms with Gasteiger partial charge in [-0.25, -0.2) is 4.39 Å². The number of likely N-dealkylation sites (tertiary alicyclic amines) is 1. The van der Waals surface area contributed by atoms with Gasteiger partial charge in [-0.1, -0.05) is 6.07 Å². The normalized spacial score (nSPS) is 22.6. The molecule has 2 fully saturated rings. The number of carbonyl (C=O) groups is 2. The minimum atomic E-state index is -4.75. The summed E-state index contributed by atoms with van der Waals surface area (Å²) in [4.78, 5) is 30.0. The summed E-state index contributed by atoms with van der Waals surface area (Å²) in [7, 11) is 0. The predicted molar refractivity (Wildman–Crippen MR) is 130 cm³/mol. The molecular weight excluding hydrogens is 504 g/mol. The van der Waals surface area contributed by atoms with Crippen LogP contribution in [0.2, 0.25) is 0 Å². The molecule has 1 aromatic carbocycles. The summed E-state index contributed by atoms with van der Waals surface area (Å²) in [5, 5.41) is 4.59. The molecule has 1 aromatic heterocycles. The van der Waals surface area contributed by atoms with E-state index in [0.29, 0.717) is 50.3 Å². The minimum Gasteiger partial charge on any atom is -0.372 e. The zero-order valence-electron chi connectivity index (χ0n) is 21.6. The molecule has 7 nitrogen and oxygen atoms in total. The number of hydrogen-bond donors (Lipinski definition) is 0. The maximum absolute atomic E-state index is 13.7. The van der Waals surface area contributed by atoms with Crippen LogP contribution < -0.4 is 0 Å². The molecule has 0 unspecified atom stereocenters. The van der Waals surface area contributed by atoms with Crippen LogP contribution in [0.25, 0.3) is 0 Å². The van der Waals surface area contributed by atoms with Crippen LogP contribution in [0.15, 0.2) is 18.2 Å². The summed E-state index contributed by atoms with van der Waals surface area (Å²) in [6.45, 7) is 5.67. The third-order valence-electron chi connectivity index (χ3n) is 7.82. The molecule has 38 heavy (non-hydrogen) atoms. The van der Waals surface area contributed by atoms with Crippen molar-refractivity contribution in [2.75, 3.05) is 26.2 Å². The van der Waals surface area contributed by atoms with Crippen molar-refractivity contribution in [2.24, 2.45) is 0 Å². The Morgan fingerprint density at radius 3 is 2.39 bits per heavy atom. The van der Waals surface area contributed by atoms with Crippen LogP contribution in [0.5, 0.6) is 0 Å². The van der Waals surface area contributed by atoms with Crippen LogP contribution in [0.1, 0.15) is 71.9 Å². The van der Waals surface area contributed by atoms with Gasteiger partial charge in [0.1, 0.15) is 12.4 Å². The van der Waals surface area contributed by atoms with Crippen molar-refractivity contribution in [3.63, 3.8) is 0 Å². The number of amides is 2. The third-order valence-corrected chi connectivity index (χ3v) is 7.82. The fourth-order valence-electron chi connectivity index (χ4n) is 6.01. The lowest BCUT2D eigenvalue weighted by molar-refractivity contribution is -0.140. The largest absolute Gasteiger partial charge is 0.419 e. The number of benzene rings is 1. The first-order chi connectivity index (χ1) is 18.0. The van der Waals surface area contributed by atoms with E-state index in [1.54, 1.807) is 14.5 Å². The molecule has 5 rings (SSSR count). The quantitative estimate of drug-likeness (QED) is 0.550. The van der Waals surface area contributed by atoms with Gasteiger partial charge in [0, 0.05) is 37.4 Å². The number of aromatic nitrogens is 2. The Morgan fingerprint density at radius 2 is 1.74 bits per heavy atom. The summed E-state index contributed by atoms with van der Waals surface area (Å²) in [6.07, 6.45) is -1.48. The van der Waals surface area contributed by atoms with Crippen LogP contribution in [0, 0.1) is 5.82 Å². The summed E-state index contributed by atoms with van der Waals surface area (Å²) in [5.74, 6) is -1.73. The Balaban J connectivity index is 1.24. The molecule has 2 amide bonds. The van der Waals surface area contributed by atoms with E-state index in [1.165, 1.54) is 6.07 Å². The van der Waals surface area contributed by atoms with Crippen molar-refractivity contribution in [3.05, 3.63) is 52.1 Å². The molecule has 3 heterocycles. The zero-order chi connectivity index (χ0) is 27.2. The molecule has 1 aliphatic carbocycles. The van der Waals surface area contributed by atoms with Gasteiger partial charge in [-0.3, -0.25) is 14.3 Å². The van der Waals surface area contributed by atoms with Crippen molar-refractivity contribution in [1.82, 2.24) is 19.6 Å². The second-order valence-electron chi connectivity index (χ2n) is 10.6. The first-order valence-electron chi connectivity index (χ1n) is 13.2. The van der Waals surface area contributed by atoms with E-state index in [-0.39, 0.29) is 36.5 Å². The SMILES string of the molecule is C[C@@H]1CN(C(=O)c2nn(CC(=O)N3CCC(c4ccc(F)c(C(F)(F)F)c4)CC3)c3c2CCC3)C[C@H](C)O1. The molecule has 2 aliphatic heterocycles. The average molecular weight is 537 g/mol. The maximum atomic E-state index is 13.7. The summed E-state index contributed by atoms with van der Waals surface area (Å²) in [6, 6.07) is 3.15. The molecule has 2 saturated heterocycles. The number of nitrogens with zero attached hydrogens (tertiary/aromatic N) is 4. The molecule has 3 aliphatic rings. The lowest BCUT2D eigenvalue weighted by Gasteiger charge is -2.35. The van der Waals surface area contributed by atoms with E-state index >= 15 is 0 Å². The van der Waals surface area contributed by atoms with Crippen molar-refractivity contribution in [1.29, 1.82) is 0 Å². The predicted octanol–water partition coefficient (Wildman–Crippen LogP) is 4.19. The van der Waals surface area contributed by atoms with Crippen LogP contribution in [-0.4, -0.2) is 69.8 Å². The molecule has 0 saturated carbocycles. The number of piperidine rings is 1. The van der Waals surface area contributed by atoms with Crippen molar-refractivity contribution < 1.29 is 31.9 Å². The Morgan fingerprint density at radius 1 is 1.05 bits per heavy atom. The second-order valence-corrected chi connectivity index (χ2v) is 10.6. The van der Waals surface area contributed by atoms with Crippen LogP contribution in [-0.2, 0) is 35.1 Å². The Labute approximate surface area is 218 Å². The Hall–Kier alpha value is -2.95. The highest BCUT2D eigenvalue weighted by molar-refractivity contribution is 5.94. The molecule has 2 atom stereocenters. The number of morpholine rings is 1. The highest BCUT2D eigenvalue weighted by Gasteiger charge is 2.36. The van der Waals surface area contributed by atoms with Crippen LogP contribution in [0.3, 0.4) is 0 Å². The average Bonchev–Trinajstić information content (AvgIpc) is 3.47. The number of alkyl halides is 3. The number of ether oxygens (including phenoxy) is 1. The number of rotatable bonds is 4. The van der Waals surface area contributed by atoms with Crippen LogP contribution in [0.4, 0.5) is 17.6 Å². The zero-order valence-corrected chi connectivity index (χ0v) is 21.6. The lowest BCUT2D eigenvalue weighted by Crippen LogP contribution is -2.48. The van der Waals surface area contributed by atoms with Gasteiger partial charge >= 0.3 is 6.18 Å². The van der Waals surface area contributed by atoms with E-state index in [1.807, 2.05) is 13.8 Å². The van der Waals surface area contributed by atoms with Gasteiger partial charge in [0.25, 0.3) is 5.91 Å². The second kappa shape index (κ2) is 10.3. The van der Waals surface area contributed by atoms with Gasteiger partial charge in [-0.05, 0) is 69.6 Å².